The largest absolute Gasteiger partial charge is 0.478 e. The minimum absolute atomic E-state index is 0.179. The normalized spacial score (nSPS) is 22.2. The van der Waals surface area contributed by atoms with Gasteiger partial charge in [-0.3, -0.25) is 4.79 Å². The molecule has 0 aliphatic carbocycles. The smallest absolute Gasteiger partial charge is 0.346 e. The standard InChI is InChI=1S/C16H20FNO5/c1-16(7-2-8-22-10-16)15(21)18-9-13(14(19)20)23-12-5-3-11(17)4-6-12/h3-6,13H,2,7-10H2,1H3,(H,18,21)(H,19,20). The average molecular weight is 325 g/mol. The van der Waals surface area contributed by atoms with Crippen LogP contribution in [0.2, 0.25) is 0 Å². The lowest BCUT2D eigenvalue weighted by molar-refractivity contribution is -0.145. The van der Waals surface area contributed by atoms with Gasteiger partial charge in [0.25, 0.3) is 0 Å². The highest BCUT2D eigenvalue weighted by Crippen LogP contribution is 2.27. The van der Waals surface area contributed by atoms with Gasteiger partial charge < -0.3 is 19.9 Å². The number of rotatable bonds is 6. The van der Waals surface area contributed by atoms with E-state index in [1.165, 1.54) is 24.3 Å². The van der Waals surface area contributed by atoms with Gasteiger partial charge in [-0.2, -0.15) is 0 Å². The van der Waals surface area contributed by atoms with Gasteiger partial charge in [0.15, 0.2) is 0 Å². The van der Waals surface area contributed by atoms with Gasteiger partial charge in [0.2, 0.25) is 12.0 Å². The fraction of sp³-hybridized carbons (Fsp3) is 0.500. The molecule has 1 saturated heterocycles. The van der Waals surface area contributed by atoms with Gasteiger partial charge in [0.05, 0.1) is 18.6 Å². The SMILES string of the molecule is CC1(C(=O)NCC(Oc2ccc(F)cc2)C(=O)O)CCCOC1. The molecule has 1 heterocycles. The number of carboxylic acids is 1. The van der Waals surface area contributed by atoms with Crippen LogP contribution < -0.4 is 10.1 Å². The van der Waals surface area contributed by atoms with E-state index in [2.05, 4.69) is 5.32 Å². The van der Waals surface area contributed by atoms with E-state index in [1.807, 2.05) is 0 Å². The van der Waals surface area contributed by atoms with Crippen molar-refractivity contribution in [2.75, 3.05) is 19.8 Å². The van der Waals surface area contributed by atoms with Crippen molar-refractivity contribution in [2.45, 2.75) is 25.9 Å². The molecular formula is C16H20FNO5. The molecule has 6 nitrogen and oxygen atoms in total. The van der Waals surface area contributed by atoms with Gasteiger partial charge in [-0.25, -0.2) is 9.18 Å². The van der Waals surface area contributed by atoms with Crippen LogP contribution in [-0.4, -0.2) is 42.8 Å². The zero-order valence-corrected chi connectivity index (χ0v) is 12.9. The molecule has 2 atom stereocenters. The minimum atomic E-state index is -1.25. The Bertz CT molecular complexity index is 554. The zero-order valence-electron chi connectivity index (χ0n) is 12.9. The summed E-state index contributed by atoms with van der Waals surface area (Å²) in [5.41, 5.74) is -0.656. The van der Waals surface area contributed by atoms with Crippen LogP contribution in [0, 0.1) is 11.2 Å². The molecule has 0 saturated carbocycles. The predicted molar refractivity (Wildman–Crippen MR) is 79.6 cm³/mol. The molecule has 1 amide bonds. The van der Waals surface area contributed by atoms with Gasteiger partial charge in [0, 0.05) is 6.61 Å². The van der Waals surface area contributed by atoms with Crippen LogP contribution in [-0.2, 0) is 14.3 Å². The van der Waals surface area contributed by atoms with E-state index in [1.54, 1.807) is 6.92 Å². The number of benzene rings is 1. The summed E-state index contributed by atoms with van der Waals surface area (Å²) in [6.45, 7) is 2.56. The Hall–Kier alpha value is -2.15. The van der Waals surface area contributed by atoms with Crippen LogP contribution >= 0.6 is 0 Å². The topological polar surface area (TPSA) is 84.9 Å². The third-order valence-corrected chi connectivity index (χ3v) is 3.80. The van der Waals surface area contributed by atoms with E-state index >= 15 is 0 Å². The summed E-state index contributed by atoms with van der Waals surface area (Å²) in [5, 5.41) is 11.8. The summed E-state index contributed by atoms with van der Waals surface area (Å²) in [6.07, 6.45) is 0.228. The average Bonchev–Trinajstić information content (AvgIpc) is 2.53. The quantitative estimate of drug-likeness (QED) is 0.830. The highest BCUT2D eigenvalue weighted by molar-refractivity contribution is 5.83. The number of carboxylic acid groups (broad SMARTS) is 1. The number of hydrogen-bond acceptors (Lipinski definition) is 4. The summed E-state index contributed by atoms with van der Waals surface area (Å²) >= 11 is 0. The molecule has 2 N–H and O–H groups in total. The molecule has 7 heteroatoms. The summed E-state index contributed by atoms with van der Waals surface area (Å²) in [6, 6.07) is 5.02. The van der Waals surface area contributed by atoms with Gasteiger partial charge in [-0.05, 0) is 44.0 Å². The van der Waals surface area contributed by atoms with Crippen LogP contribution in [0.25, 0.3) is 0 Å². The maximum Gasteiger partial charge on any atom is 0.346 e. The maximum absolute atomic E-state index is 12.8. The number of hydrogen-bond donors (Lipinski definition) is 2. The molecular weight excluding hydrogens is 305 g/mol. The maximum atomic E-state index is 12.8. The van der Waals surface area contributed by atoms with Crippen LogP contribution in [0.5, 0.6) is 5.75 Å². The van der Waals surface area contributed by atoms with E-state index in [4.69, 9.17) is 9.47 Å². The van der Waals surface area contributed by atoms with Crippen LogP contribution in [0.15, 0.2) is 24.3 Å². The monoisotopic (exact) mass is 325 g/mol. The van der Waals surface area contributed by atoms with E-state index in [9.17, 15) is 19.1 Å². The van der Waals surface area contributed by atoms with E-state index in [0.717, 1.165) is 6.42 Å². The first kappa shape index (κ1) is 17.2. The molecule has 126 valence electrons. The van der Waals surface area contributed by atoms with Crippen molar-refractivity contribution in [1.82, 2.24) is 5.32 Å². The lowest BCUT2D eigenvalue weighted by atomic mass is 9.84. The van der Waals surface area contributed by atoms with Crippen molar-refractivity contribution in [3.63, 3.8) is 0 Å². The van der Waals surface area contributed by atoms with E-state index < -0.39 is 23.3 Å². The summed E-state index contributed by atoms with van der Waals surface area (Å²) in [5.74, 6) is -1.69. The molecule has 1 aliphatic heterocycles. The Morgan fingerprint density at radius 3 is 2.70 bits per heavy atom. The molecule has 1 fully saturated rings. The zero-order chi connectivity index (χ0) is 16.9. The molecule has 1 aromatic rings. The fourth-order valence-corrected chi connectivity index (χ4v) is 2.37. The molecule has 0 aromatic heterocycles. The summed E-state index contributed by atoms with van der Waals surface area (Å²) < 4.78 is 23.5. The second-order valence-corrected chi connectivity index (χ2v) is 5.83. The molecule has 1 aliphatic rings. The first-order chi connectivity index (χ1) is 10.9. The first-order valence-corrected chi connectivity index (χ1v) is 7.42. The van der Waals surface area contributed by atoms with Gasteiger partial charge >= 0.3 is 5.97 Å². The van der Waals surface area contributed by atoms with Crippen molar-refractivity contribution in [3.8, 4) is 5.75 Å². The predicted octanol–water partition coefficient (Wildman–Crippen LogP) is 1.59. The Morgan fingerprint density at radius 1 is 1.43 bits per heavy atom. The number of nitrogens with one attached hydrogen (secondary N) is 1. The number of carbonyl (C=O) groups is 2. The molecule has 0 radical (unpaired) electrons. The molecule has 0 spiro atoms. The Kier molecular flexibility index (Phi) is 5.54. The Morgan fingerprint density at radius 2 is 2.13 bits per heavy atom. The first-order valence-electron chi connectivity index (χ1n) is 7.42. The molecule has 0 bridgehead atoms. The van der Waals surface area contributed by atoms with Crippen molar-refractivity contribution < 1.29 is 28.6 Å². The fourth-order valence-electron chi connectivity index (χ4n) is 2.37. The molecule has 2 unspecified atom stereocenters. The number of carbonyl (C=O) groups excluding carboxylic acids is 1. The number of amides is 1. The second kappa shape index (κ2) is 7.41. The third kappa shape index (κ3) is 4.66. The Balaban J connectivity index is 1.93. The van der Waals surface area contributed by atoms with Crippen LogP contribution in [0.4, 0.5) is 4.39 Å². The van der Waals surface area contributed by atoms with Crippen LogP contribution in [0.1, 0.15) is 19.8 Å². The van der Waals surface area contributed by atoms with Crippen molar-refractivity contribution in [2.24, 2.45) is 5.41 Å². The van der Waals surface area contributed by atoms with Crippen molar-refractivity contribution in [3.05, 3.63) is 30.1 Å². The molecule has 1 aromatic carbocycles. The summed E-state index contributed by atoms with van der Waals surface area (Å²) in [4.78, 5) is 23.5. The van der Waals surface area contributed by atoms with Gasteiger partial charge in [0.1, 0.15) is 11.6 Å². The molecule has 23 heavy (non-hydrogen) atoms. The van der Waals surface area contributed by atoms with Crippen molar-refractivity contribution >= 4 is 11.9 Å². The number of aliphatic carboxylic acids is 1. The third-order valence-electron chi connectivity index (χ3n) is 3.80. The molecule has 2 rings (SSSR count). The van der Waals surface area contributed by atoms with Crippen molar-refractivity contribution in [1.29, 1.82) is 0 Å². The minimum Gasteiger partial charge on any atom is -0.478 e. The lowest BCUT2D eigenvalue weighted by Gasteiger charge is -2.32. The summed E-state index contributed by atoms with van der Waals surface area (Å²) in [7, 11) is 0. The van der Waals surface area contributed by atoms with Gasteiger partial charge in [-0.15, -0.1) is 0 Å². The second-order valence-electron chi connectivity index (χ2n) is 5.83. The highest BCUT2D eigenvalue weighted by atomic mass is 19.1. The van der Waals surface area contributed by atoms with E-state index in [-0.39, 0.29) is 18.2 Å². The van der Waals surface area contributed by atoms with Crippen LogP contribution in [0.3, 0.4) is 0 Å². The highest BCUT2D eigenvalue weighted by Gasteiger charge is 2.36. The Labute approximate surface area is 133 Å². The van der Waals surface area contributed by atoms with E-state index in [0.29, 0.717) is 19.6 Å². The van der Waals surface area contributed by atoms with Gasteiger partial charge in [-0.1, -0.05) is 0 Å². The number of halogens is 1. The number of ether oxygens (including phenoxy) is 2. The lowest BCUT2D eigenvalue weighted by Crippen LogP contribution is -2.48.